The topological polar surface area (TPSA) is 33.7 Å². The standard InChI is InChI=1S/C15H22Cl2N2O2.2ClH/c1-2-21-15-13(16)9-12(10-14(15)17)11-18-3-4-19-5-7-20-8-6-19;;/h9-10,18H,2-8,11H2,1H3;2*1H/p-2. The second kappa shape index (κ2) is 12.4. The molecule has 0 radical (unpaired) electrons. The van der Waals surface area contributed by atoms with E-state index in [1.807, 2.05) is 19.1 Å². The molecule has 1 saturated heterocycles. The summed E-state index contributed by atoms with van der Waals surface area (Å²) in [6.07, 6.45) is 0. The summed E-state index contributed by atoms with van der Waals surface area (Å²) in [6, 6.07) is 3.81. The lowest BCUT2D eigenvalue weighted by Gasteiger charge is -2.26. The highest BCUT2D eigenvalue weighted by Crippen LogP contribution is 2.34. The average Bonchev–Trinajstić information content (AvgIpc) is 2.48. The average molecular weight is 404 g/mol. The van der Waals surface area contributed by atoms with Crippen molar-refractivity contribution in [3.05, 3.63) is 27.7 Å². The van der Waals surface area contributed by atoms with E-state index in [4.69, 9.17) is 32.7 Å². The lowest BCUT2D eigenvalue weighted by molar-refractivity contribution is -0.00100. The summed E-state index contributed by atoms with van der Waals surface area (Å²) >= 11 is 12.4. The molecule has 1 heterocycles. The van der Waals surface area contributed by atoms with Crippen LogP contribution in [0.15, 0.2) is 12.1 Å². The van der Waals surface area contributed by atoms with E-state index >= 15 is 0 Å². The van der Waals surface area contributed by atoms with Crippen LogP contribution < -0.4 is 34.9 Å². The Morgan fingerprint density at radius 3 is 2.35 bits per heavy atom. The molecular formula is C15H22Cl4N2O2-2. The maximum absolute atomic E-state index is 6.19. The Morgan fingerprint density at radius 1 is 1.17 bits per heavy atom. The second-order valence-corrected chi connectivity index (χ2v) is 5.77. The lowest BCUT2D eigenvalue weighted by atomic mass is 10.2. The number of rotatable bonds is 7. The lowest BCUT2D eigenvalue weighted by Crippen LogP contribution is -3.00. The number of ether oxygens (including phenoxy) is 2. The minimum atomic E-state index is 0. The first kappa shape index (κ1) is 23.1. The molecule has 1 aromatic carbocycles. The van der Waals surface area contributed by atoms with Crippen LogP contribution in [0, 0.1) is 0 Å². The van der Waals surface area contributed by atoms with Crippen LogP contribution in [0.2, 0.25) is 10.0 Å². The van der Waals surface area contributed by atoms with Crippen LogP contribution in [-0.4, -0.2) is 50.9 Å². The van der Waals surface area contributed by atoms with Crippen molar-refractivity contribution >= 4 is 23.2 Å². The van der Waals surface area contributed by atoms with Gasteiger partial charge in [0.05, 0.1) is 29.9 Å². The van der Waals surface area contributed by atoms with Crippen molar-refractivity contribution in [2.45, 2.75) is 13.5 Å². The molecule has 0 saturated carbocycles. The molecule has 1 aliphatic heterocycles. The van der Waals surface area contributed by atoms with Gasteiger partial charge in [0.2, 0.25) is 0 Å². The number of hydrogen-bond acceptors (Lipinski definition) is 4. The molecule has 1 aromatic rings. The Hall–Kier alpha value is 0.0600. The highest BCUT2D eigenvalue weighted by molar-refractivity contribution is 6.37. The van der Waals surface area contributed by atoms with Crippen molar-refractivity contribution in [1.82, 2.24) is 10.2 Å². The van der Waals surface area contributed by atoms with Gasteiger partial charge in [-0.15, -0.1) is 0 Å². The molecule has 134 valence electrons. The number of benzene rings is 1. The quantitative estimate of drug-likeness (QED) is 0.487. The molecule has 0 bridgehead atoms. The summed E-state index contributed by atoms with van der Waals surface area (Å²) in [6.45, 7) is 8.88. The van der Waals surface area contributed by atoms with Gasteiger partial charge in [0.15, 0.2) is 5.75 Å². The van der Waals surface area contributed by atoms with E-state index in [0.29, 0.717) is 22.4 Å². The van der Waals surface area contributed by atoms with Gasteiger partial charge in [0.1, 0.15) is 0 Å². The molecule has 8 heteroatoms. The fourth-order valence-electron chi connectivity index (χ4n) is 2.29. The Kier molecular flexibility index (Phi) is 12.5. The zero-order valence-electron chi connectivity index (χ0n) is 13.1. The molecule has 0 spiro atoms. The van der Waals surface area contributed by atoms with E-state index in [0.717, 1.165) is 51.5 Å². The Balaban J connectivity index is 0.00000242. The summed E-state index contributed by atoms with van der Waals surface area (Å²) < 4.78 is 10.8. The van der Waals surface area contributed by atoms with E-state index in [9.17, 15) is 0 Å². The number of morpholine rings is 1. The molecule has 1 fully saturated rings. The van der Waals surface area contributed by atoms with E-state index in [1.54, 1.807) is 0 Å². The predicted molar refractivity (Wildman–Crippen MR) is 86.6 cm³/mol. The smallest absolute Gasteiger partial charge is 0.156 e. The number of halogens is 4. The largest absolute Gasteiger partial charge is 1.00 e. The van der Waals surface area contributed by atoms with Crippen molar-refractivity contribution in [3.63, 3.8) is 0 Å². The van der Waals surface area contributed by atoms with Crippen molar-refractivity contribution in [1.29, 1.82) is 0 Å². The Bertz CT molecular complexity index is 434. The number of hydrogen-bond donors (Lipinski definition) is 1. The first-order valence-electron chi connectivity index (χ1n) is 7.32. The van der Waals surface area contributed by atoms with Gasteiger partial charge in [0.25, 0.3) is 0 Å². The first-order chi connectivity index (χ1) is 10.2. The van der Waals surface area contributed by atoms with Crippen LogP contribution in [0.5, 0.6) is 5.75 Å². The van der Waals surface area contributed by atoms with Gasteiger partial charge in [0, 0.05) is 32.7 Å². The predicted octanol–water partition coefficient (Wildman–Crippen LogP) is -3.18. The summed E-state index contributed by atoms with van der Waals surface area (Å²) in [7, 11) is 0. The highest BCUT2D eigenvalue weighted by Gasteiger charge is 2.11. The van der Waals surface area contributed by atoms with Gasteiger partial charge in [-0.1, -0.05) is 23.2 Å². The van der Waals surface area contributed by atoms with Crippen molar-refractivity contribution in [2.24, 2.45) is 0 Å². The molecule has 0 aromatic heterocycles. The Morgan fingerprint density at radius 2 is 1.78 bits per heavy atom. The molecule has 0 amide bonds. The minimum absolute atomic E-state index is 0. The van der Waals surface area contributed by atoms with Crippen LogP contribution in [0.4, 0.5) is 0 Å². The van der Waals surface area contributed by atoms with Gasteiger partial charge < -0.3 is 39.6 Å². The van der Waals surface area contributed by atoms with E-state index in [-0.39, 0.29) is 24.8 Å². The first-order valence-corrected chi connectivity index (χ1v) is 8.08. The summed E-state index contributed by atoms with van der Waals surface area (Å²) in [5, 5.41) is 4.54. The fourth-order valence-corrected chi connectivity index (χ4v) is 2.93. The molecule has 0 aliphatic carbocycles. The molecule has 2 rings (SSSR count). The third kappa shape index (κ3) is 7.65. The summed E-state index contributed by atoms with van der Waals surface area (Å²) in [4.78, 5) is 2.40. The molecular weight excluding hydrogens is 382 g/mol. The number of nitrogens with zero attached hydrogens (tertiary/aromatic N) is 1. The van der Waals surface area contributed by atoms with Gasteiger partial charge in [-0.3, -0.25) is 4.90 Å². The highest BCUT2D eigenvalue weighted by atomic mass is 35.5. The van der Waals surface area contributed by atoms with Crippen LogP contribution in [0.3, 0.4) is 0 Å². The molecule has 4 nitrogen and oxygen atoms in total. The van der Waals surface area contributed by atoms with Gasteiger partial charge in [-0.05, 0) is 24.6 Å². The summed E-state index contributed by atoms with van der Waals surface area (Å²) in [5.41, 5.74) is 1.07. The van der Waals surface area contributed by atoms with Gasteiger partial charge in [-0.2, -0.15) is 0 Å². The molecule has 0 unspecified atom stereocenters. The molecule has 1 aliphatic rings. The third-order valence-electron chi connectivity index (χ3n) is 3.38. The van der Waals surface area contributed by atoms with Crippen LogP contribution in [-0.2, 0) is 11.3 Å². The van der Waals surface area contributed by atoms with Crippen molar-refractivity contribution < 1.29 is 34.3 Å². The van der Waals surface area contributed by atoms with Crippen LogP contribution in [0.25, 0.3) is 0 Å². The normalized spacial score (nSPS) is 14.7. The van der Waals surface area contributed by atoms with Crippen LogP contribution >= 0.6 is 23.2 Å². The van der Waals surface area contributed by atoms with E-state index < -0.39 is 0 Å². The molecule has 1 N–H and O–H groups in total. The van der Waals surface area contributed by atoms with Crippen molar-refractivity contribution in [3.8, 4) is 5.75 Å². The fraction of sp³-hybridized carbons (Fsp3) is 0.600. The molecule has 23 heavy (non-hydrogen) atoms. The number of nitrogens with one attached hydrogen (secondary N) is 1. The zero-order valence-corrected chi connectivity index (χ0v) is 16.1. The van der Waals surface area contributed by atoms with Gasteiger partial charge >= 0.3 is 0 Å². The monoisotopic (exact) mass is 402 g/mol. The third-order valence-corrected chi connectivity index (χ3v) is 3.95. The SMILES string of the molecule is CCOc1c(Cl)cc(CNCCN2CCOCC2)cc1Cl.[Cl-].[Cl-]. The van der Waals surface area contributed by atoms with Crippen molar-refractivity contribution in [2.75, 3.05) is 46.0 Å². The van der Waals surface area contributed by atoms with E-state index in [1.165, 1.54) is 0 Å². The maximum Gasteiger partial charge on any atom is 0.156 e. The summed E-state index contributed by atoms with van der Waals surface area (Å²) in [5.74, 6) is 0.568. The molecule has 0 atom stereocenters. The van der Waals surface area contributed by atoms with E-state index in [2.05, 4.69) is 10.2 Å². The van der Waals surface area contributed by atoms with Gasteiger partial charge in [-0.25, -0.2) is 0 Å². The van der Waals surface area contributed by atoms with Crippen LogP contribution in [0.1, 0.15) is 12.5 Å². The minimum Gasteiger partial charge on any atom is -1.00 e. The second-order valence-electron chi connectivity index (χ2n) is 4.95. The maximum atomic E-state index is 6.19. The zero-order chi connectivity index (χ0) is 15.1. The Labute approximate surface area is 160 Å².